The molecule has 1 aliphatic heterocycles. The van der Waals surface area contributed by atoms with Crippen LogP contribution in [-0.4, -0.2) is 49.7 Å². The first-order chi connectivity index (χ1) is 8.50. The third-order valence-corrected chi connectivity index (χ3v) is 5.04. The van der Waals surface area contributed by atoms with E-state index in [2.05, 4.69) is 19.8 Å². The molecule has 0 spiro atoms. The number of piperidine rings is 1. The van der Waals surface area contributed by atoms with Gasteiger partial charge in [-0.2, -0.15) is 5.10 Å². The van der Waals surface area contributed by atoms with Gasteiger partial charge in [0.1, 0.15) is 4.90 Å². The van der Waals surface area contributed by atoms with Crippen LogP contribution in [0.2, 0.25) is 0 Å². The third kappa shape index (κ3) is 2.90. The van der Waals surface area contributed by atoms with E-state index in [-0.39, 0.29) is 4.90 Å². The number of rotatable bonds is 4. The fraction of sp³-hybridized carbons (Fsp3) is 0.727. The monoisotopic (exact) mass is 272 g/mol. The Bertz CT molecular complexity index is 497. The lowest BCUT2D eigenvalue weighted by atomic mass is 10.0. The minimum atomic E-state index is -3.44. The molecule has 6 nitrogen and oxygen atoms in total. The molecule has 0 amide bonds. The largest absolute Gasteiger partial charge is 0.302 e. The maximum Gasteiger partial charge on any atom is 0.244 e. The molecule has 0 saturated carbocycles. The van der Waals surface area contributed by atoms with Crippen LogP contribution in [0, 0.1) is 6.92 Å². The second-order valence-corrected chi connectivity index (χ2v) is 6.58. The number of hydrogen-bond donors (Lipinski definition) is 2. The van der Waals surface area contributed by atoms with Gasteiger partial charge in [0.25, 0.3) is 0 Å². The van der Waals surface area contributed by atoms with Crippen LogP contribution in [0.15, 0.2) is 11.1 Å². The molecular weight excluding hydrogens is 252 g/mol. The van der Waals surface area contributed by atoms with Crippen LogP contribution in [0.5, 0.6) is 0 Å². The van der Waals surface area contributed by atoms with Gasteiger partial charge in [0, 0.05) is 12.6 Å². The lowest BCUT2D eigenvalue weighted by molar-refractivity contribution is 0.187. The quantitative estimate of drug-likeness (QED) is 0.835. The van der Waals surface area contributed by atoms with Crippen molar-refractivity contribution in [1.82, 2.24) is 19.8 Å². The van der Waals surface area contributed by atoms with Crippen LogP contribution in [0.4, 0.5) is 0 Å². The molecule has 2 N–H and O–H groups in total. The predicted molar refractivity (Wildman–Crippen MR) is 68.8 cm³/mol. The van der Waals surface area contributed by atoms with Gasteiger partial charge >= 0.3 is 0 Å². The van der Waals surface area contributed by atoms with Crippen molar-refractivity contribution >= 4 is 10.0 Å². The van der Waals surface area contributed by atoms with Gasteiger partial charge < -0.3 is 4.90 Å². The van der Waals surface area contributed by atoms with Gasteiger partial charge in [-0.05, 0) is 33.4 Å². The highest BCUT2D eigenvalue weighted by molar-refractivity contribution is 7.89. The second-order valence-electron chi connectivity index (χ2n) is 4.84. The first kappa shape index (κ1) is 13.5. The van der Waals surface area contributed by atoms with E-state index in [9.17, 15) is 8.42 Å². The average Bonchev–Trinajstić information content (AvgIpc) is 2.75. The van der Waals surface area contributed by atoms with Crippen LogP contribution in [0.3, 0.4) is 0 Å². The summed E-state index contributed by atoms with van der Waals surface area (Å²) in [5.74, 6) is 0. The summed E-state index contributed by atoms with van der Waals surface area (Å²) in [7, 11) is -1.40. The lowest BCUT2D eigenvalue weighted by Crippen LogP contribution is -2.44. The van der Waals surface area contributed by atoms with Gasteiger partial charge in [-0.3, -0.25) is 5.10 Å². The number of aromatic nitrogens is 2. The van der Waals surface area contributed by atoms with Crippen LogP contribution < -0.4 is 4.72 Å². The molecule has 1 saturated heterocycles. The molecule has 1 unspecified atom stereocenters. The number of nitrogens with zero attached hydrogens (tertiary/aromatic N) is 2. The van der Waals surface area contributed by atoms with Crippen molar-refractivity contribution < 1.29 is 8.42 Å². The van der Waals surface area contributed by atoms with Gasteiger partial charge in [-0.15, -0.1) is 0 Å². The summed E-state index contributed by atoms with van der Waals surface area (Å²) in [5.41, 5.74) is 0.569. The van der Waals surface area contributed by atoms with E-state index >= 15 is 0 Å². The average molecular weight is 272 g/mol. The van der Waals surface area contributed by atoms with Crippen molar-refractivity contribution in [2.75, 3.05) is 20.1 Å². The molecule has 1 atom stereocenters. The number of hydrogen-bond acceptors (Lipinski definition) is 4. The summed E-state index contributed by atoms with van der Waals surface area (Å²) in [4.78, 5) is 2.45. The summed E-state index contributed by atoms with van der Waals surface area (Å²) in [6, 6.07) is 0.292. The van der Waals surface area contributed by atoms with Crippen LogP contribution in [0.1, 0.15) is 25.0 Å². The van der Waals surface area contributed by atoms with Crippen LogP contribution in [0.25, 0.3) is 0 Å². The van der Waals surface area contributed by atoms with Gasteiger partial charge in [0.05, 0.1) is 11.9 Å². The van der Waals surface area contributed by atoms with Crippen molar-refractivity contribution in [3.8, 4) is 0 Å². The van der Waals surface area contributed by atoms with Crippen molar-refractivity contribution in [1.29, 1.82) is 0 Å². The van der Waals surface area contributed by atoms with Gasteiger partial charge in [-0.25, -0.2) is 13.1 Å². The minimum Gasteiger partial charge on any atom is -0.302 e. The summed E-state index contributed by atoms with van der Waals surface area (Å²) in [6.07, 6.45) is 4.76. The highest BCUT2D eigenvalue weighted by atomic mass is 32.2. The highest BCUT2D eigenvalue weighted by Crippen LogP contribution is 2.16. The molecule has 1 aliphatic rings. The van der Waals surface area contributed by atoms with Crippen LogP contribution >= 0.6 is 0 Å². The summed E-state index contributed by atoms with van der Waals surface area (Å²) in [6.45, 7) is 3.20. The normalized spacial score (nSPS) is 22.2. The SMILES string of the molecule is Cc1[nH]ncc1S(=O)(=O)NCC1CCCCN1C. The Labute approximate surface area is 108 Å². The van der Waals surface area contributed by atoms with Crippen molar-refractivity contribution in [3.05, 3.63) is 11.9 Å². The zero-order chi connectivity index (χ0) is 13.2. The number of aryl methyl sites for hydroxylation is 1. The fourth-order valence-corrected chi connectivity index (χ4v) is 3.50. The molecule has 0 aliphatic carbocycles. The summed E-state index contributed by atoms with van der Waals surface area (Å²) in [5, 5.41) is 6.39. The standard InChI is InChI=1S/C11H20N4O2S/c1-9-11(8-12-14-9)18(16,17)13-7-10-5-3-4-6-15(10)2/h8,10,13H,3-7H2,1-2H3,(H,12,14). The summed E-state index contributed by atoms with van der Waals surface area (Å²) < 4.78 is 26.8. The third-order valence-electron chi connectivity index (χ3n) is 3.50. The Morgan fingerprint density at radius 3 is 2.94 bits per heavy atom. The topological polar surface area (TPSA) is 78.1 Å². The molecule has 0 bridgehead atoms. The van der Waals surface area contributed by atoms with Gasteiger partial charge in [-0.1, -0.05) is 6.42 Å². The fourth-order valence-electron chi connectivity index (χ4n) is 2.30. The molecule has 1 aromatic heterocycles. The van der Waals surface area contributed by atoms with E-state index in [1.165, 1.54) is 19.0 Å². The predicted octanol–water partition coefficient (Wildman–Crippen LogP) is 0.481. The number of aromatic amines is 1. The second kappa shape index (κ2) is 5.38. The molecule has 2 heterocycles. The maximum absolute atomic E-state index is 12.1. The number of likely N-dealkylation sites (tertiary alicyclic amines) is 1. The number of likely N-dealkylation sites (N-methyl/N-ethyl adjacent to an activating group) is 1. The Hall–Kier alpha value is -0.920. The molecule has 102 valence electrons. The smallest absolute Gasteiger partial charge is 0.244 e. The molecule has 7 heteroatoms. The minimum absolute atomic E-state index is 0.237. The molecule has 0 radical (unpaired) electrons. The Balaban J connectivity index is 1.99. The molecule has 18 heavy (non-hydrogen) atoms. The first-order valence-electron chi connectivity index (χ1n) is 6.20. The van der Waals surface area contributed by atoms with E-state index in [1.54, 1.807) is 6.92 Å². The maximum atomic E-state index is 12.1. The van der Waals surface area contributed by atoms with Crippen molar-refractivity contribution in [2.45, 2.75) is 37.1 Å². The number of H-pyrrole nitrogens is 1. The molecule has 1 fully saturated rings. The Morgan fingerprint density at radius 1 is 1.56 bits per heavy atom. The van der Waals surface area contributed by atoms with Crippen molar-refractivity contribution in [3.63, 3.8) is 0 Å². The molecule has 1 aromatic rings. The summed E-state index contributed by atoms with van der Waals surface area (Å²) >= 11 is 0. The van der Waals surface area contributed by atoms with E-state index in [1.807, 2.05) is 7.05 Å². The molecule has 2 rings (SSSR count). The van der Waals surface area contributed by atoms with Crippen LogP contribution in [-0.2, 0) is 10.0 Å². The first-order valence-corrected chi connectivity index (χ1v) is 7.69. The lowest BCUT2D eigenvalue weighted by Gasteiger charge is -2.32. The number of sulfonamides is 1. The highest BCUT2D eigenvalue weighted by Gasteiger charge is 2.23. The molecular formula is C11H20N4O2S. The van der Waals surface area contributed by atoms with E-state index in [0.717, 1.165) is 13.0 Å². The van der Waals surface area contributed by atoms with Gasteiger partial charge in [0.2, 0.25) is 10.0 Å². The number of nitrogens with one attached hydrogen (secondary N) is 2. The van der Waals surface area contributed by atoms with Gasteiger partial charge in [0.15, 0.2) is 0 Å². The zero-order valence-corrected chi connectivity index (χ0v) is 11.6. The Morgan fingerprint density at radius 2 is 2.33 bits per heavy atom. The zero-order valence-electron chi connectivity index (χ0n) is 10.8. The van der Waals surface area contributed by atoms with Crippen molar-refractivity contribution in [2.24, 2.45) is 0 Å². The molecule has 0 aromatic carbocycles. The van der Waals surface area contributed by atoms with E-state index in [0.29, 0.717) is 18.3 Å². The van der Waals surface area contributed by atoms with E-state index < -0.39 is 10.0 Å². The Kier molecular flexibility index (Phi) is 4.04. The van der Waals surface area contributed by atoms with E-state index in [4.69, 9.17) is 0 Å².